The first-order valence-corrected chi connectivity index (χ1v) is 8.29. The van der Waals surface area contributed by atoms with Gasteiger partial charge in [0.15, 0.2) is 5.13 Å². The summed E-state index contributed by atoms with van der Waals surface area (Å²) < 4.78 is 0. The number of nitrogen functional groups attached to an aromatic ring is 1. The number of pyridine rings is 1. The topological polar surface area (TPSA) is 80.9 Å². The number of nitrogens with one attached hydrogen (secondary N) is 1. The molecule has 0 spiro atoms. The molecule has 0 atom stereocenters. The second-order valence-corrected chi connectivity index (χ2v) is 6.57. The molecule has 0 bridgehead atoms. The standard InChI is InChI=1S/C17H18N4OS/c1-10(2)15-9-23-17(20-15)21-16(22)8-13-5-3-11-7-12(18)4-6-14(11)19-13/h3-7,9-10H,8,18H2,1-2H3,(H,20,21,22). The normalized spacial score (nSPS) is 11.1. The van der Waals surface area contributed by atoms with Gasteiger partial charge in [-0.3, -0.25) is 9.78 Å². The minimum absolute atomic E-state index is 0.114. The van der Waals surface area contributed by atoms with Gasteiger partial charge in [-0.05, 0) is 30.2 Å². The van der Waals surface area contributed by atoms with Crippen LogP contribution in [0.15, 0.2) is 35.7 Å². The SMILES string of the molecule is CC(C)c1csc(NC(=O)Cc2ccc3cc(N)ccc3n2)n1. The van der Waals surface area contributed by atoms with Crippen molar-refractivity contribution in [2.24, 2.45) is 0 Å². The van der Waals surface area contributed by atoms with E-state index in [1.807, 2.05) is 35.7 Å². The Morgan fingerprint density at radius 1 is 1.26 bits per heavy atom. The molecule has 3 aromatic rings. The van der Waals surface area contributed by atoms with Gasteiger partial charge < -0.3 is 11.1 Å². The lowest BCUT2D eigenvalue weighted by atomic mass is 10.1. The molecular formula is C17H18N4OS. The number of nitrogens with zero attached hydrogens (tertiary/aromatic N) is 2. The number of nitrogens with two attached hydrogens (primary N) is 1. The van der Waals surface area contributed by atoms with E-state index < -0.39 is 0 Å². The minimum Gasteiger partial charge on any atom is -0.399 e. The average Bonchev–Trinajstić information content (AvgIpc) is 2.96. The lowest BCUT2D eigenvalue weighted by molar-refractivity contribution is -0.115. The summed E-state index contributed by atoms with van der Waals surface area (Å²) in [6.45, 7) is 4.15. The molecule has 1 aromatic carbocycles. The van der Waals surface area contributed by atoms with Crippen LogP contribution in [0.2, 0.25) is 0 Å². The number of hydrogen-bond donors (Lipinski definition) is 2. The highest BCUT2D eigenvalue weighted by atomic mass is 32.1. The Morgan fingerprint density at radius 2 is 2.09 bits per heavy atom. The molecule has 5 nitrogen and oxygen atoms in total. The molecule has 0 saturated carbocycles. The van der Waals surface area contributed by atoms with Crippen LogP contribution >= 0.6 is 11.3 Å². The molecular weight excluding hydrogens is 308 g/mol. The summed E-state index contributed by atoms with van der Waals surface area (Å²) in [4.78, 5) is 21.0. The summed E-state index contributed by atoms with van der Waals surface area (Å²) in [7, 11) is 0. The molecule has 0 aliphatic rings. The number of amides is 1. The molecule has 0 saturated heterocycles. The van der Waals surface area contributed by atoms with Gasteiger partial charge >= 0.3 is 0 Å². The Hall–Kier alpha value is -2.47. The van der Waals surface area contributed by atoms with Gasteiger partial charge in [0.1, 0.15) is 0 Å². The molecule has 0 radical (unpaired) electrons. The van der Waals surface area contributed by atoms with Gasteiger partial charge in [-0.25, -0.2) is 4.98 Å². The zero-order chi connectivity index (χ0) is 16.4. The molecule has 2 aromatic heterocycles. The lowest BCUT2D eigenvalue weighted by Gasteiger charge is -2.04. The van der Waals surface area contributed by atoms with Crippen molar-refractivity contribution >= 4 is 39.0 Å². The van der Waals surface area contributed by atoms with Crippen LogP contribution in [-0.2, 0) is 11.2 Å². The van der Waals surface area contributed by atoms with Crippen molar-refractivity contribution in [1.82, 2.24) is 9.97 Å². The van der Waals surface area contributed by atoms with E-state index in [2.05, 4.69) is 29.1 Å². The Bertz CT molecular complexity index is 857. The summed E-state index contributed by atoms with van der Waals surface area (Å²) in [5, 5.41) is 6.40. The molecule has 1 amide bonds. The van der Waals surface area contributed by atoms with Gasteiger partial charge in [0, 0.05) is 16.5 Å². The van der Waals surface area contributed by atoms with E-state index >= 15 is 0 Å². The summed E-state index contributed by atoms with van der Waals surface area (Å²) in [5.41, 5.74) is 9.01. The first-order chi connectivity index (χ1) is 11.0. The number of rotatable bonds is 4. The van der Waals surface area contributed by atoms with Gasteiger partial charge in [-0.1, -0.05) is 19.9 Å². The third-order valence-electron chi connectivity index (χ3n) is 3.47. The van der Waals surface area contributed by atoms with Gasteiger partial charge in [0.2, 0.25) is 5.91 Å². The first-order valence-electron chi connectivity index (χ1n) is 7.41. The van der Waals surface area contributed by atoms with Crippen molar-refractivity contribution in [1.29, 1.82) is 0 Å². The van der Waals surface area contributed by atoms with Gasteiger partial charge in [-0.15, -0.1) is 11.3 Å². The maximum Gasteiger partial charge on any atom is 0.232 e. The highest BCUT2D eigenvalue weighted by Gasteiger charge is 2.10. The lowest BCUT2D eigenvalue weighted by Crippen LogP contribution is -2.15. The van der Waals surface area contributed by atoms with Crippen LogP contribution in [0.5, 0.6) is 0 Å². The summed E-state index contributed by atoms with van der Waals surface area (Å²) in [6.07, 6.45) is 0.219. The molecule has 6 heteroatoms. The molecule has 3 N–H and O–H groups in total. The van der Waals surface area contributed by atoms with Crippen LogP contribution in [0.25, 0.3) is 10.9 Å². The number of anilines is 2. The highest BCUT2D eigenvalue weighted by Crippen LogP contribution is 2.21. The molecule has 2 heterocycles. The van der Waals surface area contributed by atoms with Crippen LogP contribution in [0, 0.1) is 0 Å². The number of thiazole rings is 1. The van der Waals surface area contributed by atoms with Gasteiger partial charge in [0.25, 0.3) is 0 Å². The fourth-order valence-electron chi connectivity index (χ4n) is 2.22. The third-order valence-corrected chi connectivity index (χ3v) is 4.25. The van der Waals surface area contributed by atoms with Crippen molar-refractivity contribution < 1.29 is 4.79 Å². The van der Waals surface area contributed by atoms with Crippen molar-refractivity contribution in [3.63, 3.8) is 0 Å². The third kappa shape index (κ3) is 3.65. The number of fused-ring (bicyclic) bond motifs is 1. The average molecular weight is 326 g/mol. The molecule has 118 valence electrons. The minimum atomic E-state index is -0.114. The van der Waals surface area contributed by atoms with Crippen LogP contribution in [-0.4, -0.2) is 15.9 Å². The number of carbonyl (C=O) groups excluding carboxylic acids is 1. The molecule has 0 aliphatic heterocycles. The van der Waals surface area contributed by atoms with E-state index in [0.717, 1.165) is 22.3 Å². The predicted molar refractivity (Wildman–Crippen MR) is 94.7 cm³/mol. The molecule has 0 aliphatic carbocycles. The summed E-state index contributed by atoms with van der Waals surface area (Å²) >= 11 is 1.44. The fraction of sp³-hybridized carbons (Fsp3) is 0.235. The fourth-order valence-corrected chi connectivity index (χ4v) is 3.11. The smallest absolute Gasteiger partial charge is 0.232 e. The van der Waals surface area contributed by atoms with Crippen LogP contribution < -0.4 is 11.1 Å². The van der Waals surface area contributed by atoms with E-state index in [9.17, 15) is 4.79 Å². The number of carbonyl (C=O) groups is 1. The zero-order valence-corrected chi connectivity index (χ0v) is 13.9. The maximum absolute atomic E-state index is 12.1. The van der Waals surface area contributed by atoms with Crippen LogP contribution in [0.4, 0.5) is 10.8 Å². The Kier molecular flexibility index (Phi) is 4.25. The summed E-state index contributed by atoms with van der Waals surface area (Å²) in [6, 6.07) is 9.32. The monoisotopic (exact) mass is 326 g/mol. The molecule has 23 heavy (non-hydrogen) atoms. The molecule has 0 fully saturated rings. The van der Waals surface area contributed by atoms with Gasteiger partial charge in [0.05, 0.1) is 23.3 Å². The van der Waals surface area contributed by atoms with Crippen LogP contribution in [0.1, 0.15) is 31.2 Å². The number of benzene rings is 1. The van der Waals surface area contributed by atoms with E-state index in [-0.39, 0.29) is 12.3 Å². The summed E-state index contributed by atoms with van der Waals surface area (Å²) in [5.74, 6) is 0.239. The van der Waals surface area contributed by atoms with Crippen LogP contribution in [0.3, 0.4) is 0 Å². The predicted octanol–water partition coefficient (Wildman–Crippen LogP) is 3.58. The Labute approximate surface area is 138 Å². The second kappa shape index (κ2) is 6.34. The van der Waals surface area contributed by atoms with E-state index in [4.69, 9.17) is 5.73 Å². The number of hydrogen-bond acceptors (Lipinski definition) is 5. The highest BCUT2D eigenvalue weighted by molar-refractivity contribution is 7.13. The van der Waals surface area contributed by atoms with Crippen molar-refractivity contribution in [3.05, 3.63) is 47.1 Å². The molecule has 0 unspecified atom stereocenters. The van der Waals surface area contributed by atoms with Crippen molar-refractivity contribution in [3.8, 4) is 0 Å². The van der Waals surface area contributed by atoms with E-state index in [1.165, 1.54) is 11.3 Å². The number of aromatic nitrogens is 2. The first kappa shape index (κ1) is 15.4. The second-order valence-electron chi connectivity index (χ2n) is 5.71. The maximum atomic E-state index is 12.1. The Balaban J connectivity index is 1.70. The van der Waals surface area contributed by atoms with Gasteiger partial charge in [-0.2, -0.15) is 0 Å². The van der Waals surface area contributed by atoms with E-state index in [0.29, 0.717) is 16.7 Å². The van der Waals surface area contributed by atoms with Crippen molar-refractivity contribution in [2.75, 3.05) is 11.1 Å². The van der Waals surface area contributed by atoms with E-state index in [1.54, 1.807) is 0 Å². The zero-order valence-electron chi connectivity index (χ0n) is 13.0. The molecule has 3 rings (SSSR count). The quantitative estimate of drug-likeness (QED) is 0.718. The Morgan fingerprint density at radius 3 is 2.83 bits per heavy atom. The van der Waals surface area contributed by atoms with Crippen molar-refractivity contribution in [2.45, 2.75) is 26.2 Å². The largest absolute Gasteiger partial charge is 0.399 e.